The number of benzene rings is 2. The van der Waals surface area contributed by atoms with E-state index in [9.17, 15) is 39.6 Å². The van der Waals surface area contributed by atoms with Gasteiger partial charge in [0.2, 0.25) is 0 Å². The lowest BCUT2D eigenvalue weighted by Crippen LogP contribution is -2.28. The Morgan fingerprint density at radius 3 is 2.05 bits per heavy atom. The number of carbonyl (C=O) groups is 1. The van der Waals surface area contributed by atoms with Crippen LogP contribution in [0.5, 0.6) is 0 Å². The average molecular weight is 610 g/mol. The Balaban J connectivity index is 2.21. The van der Waals surface area contributed by atoms with Crippen molar-refractivity contribution in [1.82, 2.24) is 0 Å². The van der Waals surface area contributed by atoms with Gasteiger partial charge in [0.15, 0.2) is 15.6 Å². The van der Waals surface area contributed by atoms with Gasteiger partial charge in [0.25, 0.3) is 0 Å². The van der Waals surface area contributed by atoms with Crippen molar-refractivity contribution in [3.8, 4) is 0 Å². The third-order valence-electron chi connectivity index (χ3n) is 5.21. The van der Waals surface area contributed by atoms with Crippen LogP contribution in [0.3, 0.4) is 0 Å². The Morgan fingerprint density at radius 2 is 1.57 bits per heavy atom. The lowest BCUT2D eigenvalue weighted by Gasteiger charge is -2.18. The summed E-state index contributed by atoms with van der Waals surface area (Å²) in [5.41, 5.74) is 0.705. The standard InChI is InChI=1S/C24H21Cl3F6O3S/c1-13(11-37(35,36)12-23(28,29)30)7-21(34)17-5-3-15(8-14(17)2)4-6-18(24(31,32)33)16-9-19(25)22(27)20(26)10-16/h3-6,8-10,13,18H,7,11-12H2,1-2H3/b6-4+/t13-,18?/m0/s1. The predicted octanol–water partition coefficient (Wildman–Crippen LogP) is 8.50. The minimum Gasteiger partial charge on any atom is -0.294 e. The lowest BCUT2D eigenvalue weighted by molar-refractivity contribution is -0.139. The molecule has 0 heterocycles. The first kappa shape index (κ1) is 31.5. The second-order valence-electron chi connectivity index (χ2n) is 8.65. The number of carbonyl (C=O) groups excluding carboxylic acids is 1. The van der Waals surface area contributed by atoms with Crippen LogP contribution in [0.15, 0.2) is 36.4 Å². The molecule has 0 aliphatic carbocycles. The fourth-order valence-electron chi connectivity index (χ4n) is 3.70. The predicted molar refractivity (Wildman–Crippen MR) is 133 cm³/mol. The van der Waals surface area contributed by atoms with Gasteiger partial charge in [-0.25, -0.2) is 8.42 Å². The summed E-state index contributed by atoms with van der Waals surface area (Å²) in [6, 6.07) is 6.37. The molecule has 0 spiro atoms. The summed E-state index contributed by atoms with van der Waals surface area (Å²) in [5.74, 6) is -6.20. The summed E-state index contributed by atoms with van der Waals surface area (Å²) in [7, 11) is -4.44. The smallest absolute Gasteiger partial charge is 0.294 e. The third kappa shape index (κ3) is 9.50. The van der Waals surface area contributed by atoms with Gasteiger partial charge in [0.05, 0.1) is 26.7 Å². The maximum absolute atomic E-state index is 13.7. The van der Waals surface area contributed by atoms with Crippen LogP contribution in [0.1, 0.15) is 46.3 Å². The number of alkyl halides is 6. The first-order valence-corrected chi connectivity index (χ1v) is 13.5. The van der Waals surface area contributed by atoms with Crippen LogP contribution in [-0.4, -0.2) is 38.1 Å². The summed E-state index contributed by atoms with van der Waals surface area (Å²) in [5, 5.41) is -0.336. The maximum Gasteiger partial charge on any atom is 0.402 e. The number of rotatable bonds is 9. The van der Waals surface area contributed by atoms with Gasteiger partial charge in [0, 0.05) is 12.0 Å². The highest BCUT2D eigenvalue weighted by Gasteiger charge is 2.39. The van der Waals surface area contributed by atoms with Crippen LogP contribution in [0.4, 0.5) is 26.3 Å². The Bertz CT molecular complexity index is 1260. The fraction of sp³-hybridized carbons (Fsp3) is 0.375. The number of halogens is 9. The fourth-order valence-corrected chi connectivity index (χ4v) is 5.92. The van der Waals surface area contributed by atoms with E-state index in [0.29, 0.717) is 11.1 Å². The summed E-state index contributed by atoms with van der Waals surface area (Å²) < 4.78 is 102. The number of hydrogen-bond donors (Lipinski definition) is 0. The number of Topliss-reactive ketones (excluding diaryl/α,β-unsaturated/α-hetero) is 1. The zero-order valence-corrected chi connectivity index (χ0v) is 22.4. The van der Waals surface area contributed by atoms with Crippen LogP contribution in [-0.2, 0) is 9.84 Å². The molecule has 0 saturated carbocycles. The van der Waals surface area contributed by atoms with Crippen molar-refractivity contribution in [1.29, 1.82) is 0 Å². The van der Waals surface area contributed by atoms with Crippen LogP contribution in [0, 0.1) is 12.8 Å². The topological polar surface area (TPSA) is 51.2 Å². The van der Waals surface area contributed by atoms with Crippen molar-refractivity contribution in [3.05, 3.63) is 73.7 Å². The van der Waals surface area contributed by atoms with Gasteiger partial charge < -0.3 is 0 Å². The quantitative estimate of drug-likeness (QED) is 0.163. The maximum atomic E-state index is 13.7. The van der Waals surface area contributed by atoms with Crippen molar-refractivity contribution in [2.24, 2.45) is 5.92 Å². The van der Waals surface area contributed by atoms with Crippen molar-refractivity contribution < 1.29 is 39.6 Å². The van der Waals surface area contributed by atoms with E-state index in [-0.39, 0.29) is 32.6 Å². The van der Waals surface area contributed by atoms with E-state index < -0.39 is 51.3 Å². The zero-order chi connectivity index (χ0) is 28.3. The van der Waals surface area contributed by atoms with Gasteiger partial charge in [-0.05, 0) is 41.7 Å². The Kier molecular flexibility index (Phi) is 10.2. The van der Waals surface area contributed by atoms with Gasteiger partial charge >= 0.3 is 12.4 Å². The van der Waals surface area contributed by atoms with Gasteiger partial charge in [-0.1, -0.05) is 72.1 Å². The molecule has 37 heavy (non-hydrogen) atoms. The van der Waals surface area contributed by atoms with E-state index >= 15 is 0 Å². The van der Waals surface area contributed by atoms with Crippen molar-refractivity contribution in [3.63, 3.8) is 0 Å². The molecule has 0 radical (unpaired) electrons. The van der Waals surface area contributed by atoms with Gasteiger partial charge in [-0.3, -0.25) is 4.79 Å². The molecule has 0 aromatic heterocycles. The molecule has 2 atom stereocenters. The highest BCUT2D eigenvalue weighted by molar-refractivity contribution is 7.91. The highest BCUT2D eigenvalue weighted by Crippen LogP contribution is 2.41. The third-order valence-corrected chi connectivity index (χ3v) is 8.25. The molecular weight excluding hydrogens is 589 g/mol. The van der Waals surface area contributed by atoms with Crippen LogP contribution < -0.4 is 0 Å². The van der Waals surface area contributed by atoms with Crippen LogP contribution in [0.2, 0.25) is 15.1 Å². The van der Waals surface area contributed by atoms with E-state index in [0.717, 1.165) is 18.2 Å². The molecule has 2 aromatic carbocycles. The molecule has 1 unspecified atom stereocenters. The molecule has 2 aromatic rings. The Morgan fingerprint density at radius 1 is 1.00 bits per heavy atom. The van der Waals surface area contributed by atoms with Crippen molar-refractivity contribution in [2.45, 2.75) is 38.5 Å². The number of hydrogen-bond acceptors (Lipinski definition) is 3. The normalized spacial score (nSPS) is 14.7. The van der Waals surface area contributed by atoms with E-state index in [4.69, 9.17) is 34.8 Å². The second-order valence-corrected chi connectivity index (χ2v) is 12.0. The average Bonchev–Trinajstić information content (AvgIpc) is 2.68. The first-order chi connectivity index (χ1) is 16.8. The molecule has 0 fully saturated rings. The lowest BCUT2D eigenvalue weighted by atomic mass is 9.94. The Hall–Kier alpha value is -1.75. The van der Waals surface area contributed by atoms with E-state index in [2.05, 4.69) is 0 Å². The van der Waals surface area contributed by atoms with E-state index in [1.54, 1.807) is 0 Å². The molecule has 204 valence electrons. The van der Waals surface area contributed by atoms with Gasteiger partial charge in [0.1, 0.15) is 5.75 Å². The molecule has 3 nitrogen and oxygen atoms in total. The minimum atomic E-state index is -4.88. The molecule has 0 amide bonds. The molecule has 0 bridgehead atoms. The number of allylic oxidation sites excluding steroid dienone is 1. The van der Waals surface area contributed by atoms with E-state index in [1.807, 2.05) is 0 Å². The monoisotopic (exact) mass is 608 g/mol. The largest absolute Gasteiger partial charge is 0.402 e. The Labute approximate surface area is 225 Å². The second kappa shape index (κ2) is 12.0. The zero-order valence-electron chi connectivity index (χ0n) is 19.4. The molecule has 0 N–H and O–H groups in total. The van der Waals surface area contributed by atoms with Gasteiger partial charge in [-0.2, -0.15) is 26.3 Å². The van der Waals surface area contributed by atoms with Crippen LogP contribution >= 0.6 is 34.8 Å². The summed E-state index contributed by atoms with van der Waals surface area (Å²) in [6.45, 7) is 2.89. The summed E-state index contributed by atoms with van der Waals surface area (Å²) in [6.07, 6.45) is -7.76. The van der Waals surface area contributed by atoms with E-state index in [1.165, 1.54) is 38.1 Å². The number of ketones is 1. The number of aryl methyl sites for hydroxylation is 1. The SMILES string of the molecule is Cc1cc(/C=C/C(c2cc(Cl)c(Cl)c(Cl)c2)C(F)(F)F)ccc1C(=O)C[C@H](C)CS(=O)(=O)CC(F)(F)F. The molecule has 13 heteroatoms. The number of sulfone groups is 1. The highest BCUT2D eigenvalue weighted by atomic mass is 35.5. The molecule has 0 saturated heterocycles. The molecule has 0 aliphatic rings. The minimum absolute atomic E-state index is 0.0693. The van der Waals surface area contributed by atoms with Gasteiger partial charge in [-0.15, -0.1) is 0 Å². The molecular formula is C24H21Cl3F6O3S. The molecule has 2 rings (SSSR count). The summed E-state index contributed by atoms with van der Waals surface area (Å²) in [4.78, 5) is 12.6. The van der Waals surface area contributed by atoms with Crippen LogP contribution in [0.25, 0.3) is 6.08 Å². The van der Waals surface area contributed by atoms with Crippen molar-refractivity contribution in [2.75, 3.05) is 11.5 Å². The molecule has 0 aliphatic heterocycles. The van der Waals surface area contributed by atoms with Crippen molar-refractivity contribution >= 4 is 56.5 Å². The first-order valence-electron chi connectivity index (χ1n) is 10.6. The summed E-state index contributed by atoms with van der Waals surface area (Å²) >= 11 is 17.6.